The maximum atomic E-state index is 12.4. The van der Waals surface area contributed by atoms with Crippen molar-refractivity contribution in [2.45, 2.75) is 23.5 Å². The summed E-state index contributed by atoms with van der Waals surface area (Å²) in [5.74, 6) is 1.42. The van der Waals surface area contributed by atoms with E-state index in [0.717, 1.165) is 23.4 Å². The standard InChI is InChI=1S/C19H20Cl2N2O3S2/c20-17-8-3-14(12-18(17)21)13-27-11-9-22-28(25,26)16-6-4-15(5-7-16)23-10-1-2-19(23)24/h3-8,12,22H,1-2,9-11,13H2. The fourth-order valence-corrected chi connectivity index (χ4v) is 5.17. The highest BCUT2D eigenvalue weighted by Gasteiger charge is 2.22. The van der Waals surface area contributed by atoms with Crippen molar-refractivity contribution < 1.29 is 13.2 Å². The Morgan fingerprint density at radius 1 is 1.07 bits per heavy atom. The van der Waals surface area contributed by atoms with Crippen LogP contribution < -0.4 is 9.62 Å². The van der Waals surface area contributed by atoms with Gasteiger partial charge in [0.15, 0.2) is 0 Å². The molecule has 2 aromatic rings. The van der Waals surface area contributed by atoms with Gasteiger partial charge in [-0.3, -0.25) is 4.79 Å². The van der Waals surface area contributed by atoms with E-state index in [1.165, 1.54) is 12.1 Å². The maximum absolute atomic E-state index is 12.4. The van der Waals surface area contributed by atoms with E-state index in [1.807, 2.05) is 12.1 Å². The zero-order chi connectivity index (χ0) is 20.1. The normalized spacial score (nSPS) is 14.6. The molecule has 5 nitrogen and oxygen atoms in total. The predicted molar refractivity (Wildman–Crippen MR) is 116 cm³/mol. The molecule has 1 saturated heterocycles. The van der Waals surface area contributed by atoms with Crippen LogP contribution in [-0.4, -0.2) is 33.2 Å². The van der Waals surface area contributed by atoms with Crippen molar-refractivity contribution in [3.05, 3.63) is 58.1 Å². The average molecular weight is 459 g/mol. The number of carbonyl (C=O) groups is 1. The molecule has 0 aromatic heterocycles. The van der Waals surface area contributed by atoms with Gasteiger partial charge in [-0.1, -0.05) is 29.3 Å². The number of sulfonamides is 1. The van der Waals surface area contributed by atoms with Gasteiger partial charge in [-0.15, -0.1) is 0 Å². The molecule has 2 aromatic carbocycles. The Bertz CT molecular complexity index is 950. The van der Waals surface area contributed by atoms with Crippen molar-refractivity contribution in [3.8, 4) is 0 Å². The predicted octanol–water partition coefficient (Wildman–Crippen LogP) is 4.33. The zero-order valence-electron chi connectivity index (χ0n) is 15.0. The second-order valence-corrected chi connectivity index (χ2v) is 10.0. The van der Waals surface area contributed by atoms with Gasteiger partial charge in [0.25, 0.3) is 0 Å². The van der Waals surface area contributed by atoms with Gasteiger partial charge in [0, 0.05) is 36.7 Å². The Kier molecular flexibility index (Phi) is 7.28. The van der Waals surface area contributed by atoms with Crippen LogP contribution in [0.25, 0.3) is 0 Å². The number of nitrogens with zero attached hydrogens (tertiary/aromatic N) is 1. The van der Waals surface area contributed by atoms with Crippen LogP contribution in [-0.2, 0) is 20.6 Å². The molecule has 1 heterocycles. The molecule has 3 rings (SSSR count). The van der Waals surface area contributed by atoms with E-state index in [4.69, 9.17) is 23.2 Å². The Morgan fingerprint density at radius 3 is 2.46 bits per heavy atom. The summed E-state index contributed by atoms with van der Waals surface area (Å²) < 4.78 is 27.4. The van der Waals surface area contributed by atoms with Gasteiger partial charge < -0.3 is 4.90 Å². The third kappa shape index (κ3) is 5.42. The molecule has 0 spiro atoms. The monoisotopic (exact) mass is 458 g/mol. The Balaban J connectivity index is 1.48. The minimum Gasteiger partial charge on any atom is -0.312 e. The summed E-state index contributed by atoms with van der Waals surface area (Å²) in [5.41, 5.74) is 1.77. The first-order valence-corrected chi connectivity index (χ1v) is 12.2. The van der Waals surface area contributed by atoms with Crippen molar-refractivity contribution in [1.82, 2.24) is 4.72 Å². The lowest BCUT2D eigenvalue weighted by Gasteiger charge is -2.16. The molecule has 1 aliphatic rings. The molecule has 0 aliphatic carbocycles. The summed E-state index contributed by atoms with van der Waals surface area (Å²) >= 11 is 13.5. The number of rotatable bonds is 8. The molecule has 0 saturated carbocycles. The fourth-order valence-electron chi connectivity index (χ4n) is 2.88. The smallest absolute Gasteiger partial charge is 0.240 e. The van der Waals surface area contributed by atoms with Crippen molar-refractivity contribution in [1.29, 1.82) is 0 Å². The van der Waals surface area contributed by atoms with Crippen molar-refractivity contribution in [3.63, 3.8) is 0 Å². The van der Waals surface area contributed by atoms with Gasteiger partial charge in [0.05, 0.1) is 14.9 Å². The van der Waals surface area contributed by atoms with Crippen LogP contribution in [0.2, 0.25) is 10.0 Å². The number of carbonyl (C=O) groups excluding carboxylic acids is 1. The van der Waals surface area contributed by atoms with E-state index in [9.17, 15) is 13.2 Å². The summed E-state index contributed by atoms with van der Waals surface area (Å²) in [6, 6.07) is 11.9. The van der Waals surface area contributed by atoms with Crippen LogP contribution in [0.5, 0.6) is 0 Å². The first kappa shape index (κ1) is 21.5. The van der Waals surface area contributed by atoms with Crippen LogP contribution in [0.3, 0.4) is 0 Å². The lowest BCUT2D eigenvalue weighted by atomic mass is 10.2. The molecule has 1 amide bonds. The molecule has 28 heavy (non-hydrogen) atoms. The van der Waals surface area contributed by atoms with E-state index in [1.54, 1.807) is 34.9 Å². The van der Waals surface area contributed by atoms with E-state index in [-0.39, 0.29) is 10.8 Å². The Labute approximate surface area is 179 Å². The van der Waals surface area contributed by atoms with E-state index >= 15 is 0 Å². The van der Waals surface area contributed by atoms with Gasteiger partial charge in [0.2, 0.25) is 15.9 Å². The van der Waals surface area contributed by atoms with Gasteiger partial charge in [-0.2, -0.15) is 11.8 Å². The quantitative estimate of drug-likeness (QED) is 0.597. The molecule has 0 bridgehead atoms. The largest absolute Gasteiger partial charge is 0.312 e. The minimum absolute atomic E-state index is 0.0766. The molecule has 0 radical (unpaired) electrons. The Morgan fingerprint density at radius 2 is 1.82 bits per heavy atom. The molecule has 150 valence electrons. The third-order valence-electron chi connectivity index (χ3n) is 4.32. The second kappa shape index (κ2) is 9.50. The number of hydrogen-bond acceptors (Lipinski definition) is 4. The van der Waals surface area contributed by atoms with Crippen LogP contribution in [0.4, 0.5) is 5.69 Å². The van der Waals surface area contributed by atoms with Crippen LogP contribution in [0.15, 0.2) is 47.4 Å². The summed E-state index contributed by atoms with van der Waals surface area (Å²) in [6.45, 7) is 1.000. The topological polar surface area (TPSA) is 66.5 Å². The number of benzene rings is 2. The number of thioether (sulfide) groups is 1. The highest BCUT2D eigenvalue weighted by molar-refractivity contribution is 7.98. The maximum Gasteiger partial charge on any atom is 0.240 e. The first-order valence-electron chi connectivity index (χ1n) is 8.78. The SMILES string of the molecule is O=C1CCCN1c1ccc(S(=O)(=O)NCCSCc2ccc(Cl)c(Cl)c2)cc1. The lowest BCUT2D eigenvalue weighted by molar-refractivity contribution is -0.117. The summed E-state index contributed by atoms with van der Waals surface area (Å²) in [5, 5.41) is 1.03. The molecular weight excluding hydrogens is 439 g/mol. The number of hydrogen-bond donors (Lipinski definition) is 1. The second-order valence-electron chi connectivity index (χ2n) is 6.34. The van der Waals surface area contributed by atoms with Crippen LogP contribution in [0.1, 0.15) is 18.4 Å². The number of anilines is 1. The number of halogens is 2. The zero-order valence-corrected chi connectivity index (χ0v) is 18.2. The Hall–Kier alpha value is -1.25. The van der Waals surface area contributed by atoms with E-state index in [0.29, 0.717) is 35.3 Å². The van der Waals surface area contributed by atoms with Crippen molar-refractivity contribution in [2.24, 2.45) is 0 Å². The fraction of sp³-hybridized carbons (Fsp3) is 0.316. The molecule has 1 fully saturated rings. The summed E-state index contributed by atoms with van der Waals surface area (Å²) in [7, 11) is -3.58. The molecule has 9 heteroatoms. The van der Waals surface area contributed by atoms with Crippen molar-refractivity contribution >= 4 is 56.6 Å². The van der Waals surface area contributed by atoms with Gasteiger partial charge in [-0.05, 0) is 48.4 Å². The number of nitrogens with one attached hydrogen (secondary N) is 1. The molecule has 0 unspecified atom stereocenters. The van der Waals surface area contributed by atoms with Gasteiger partial charge in [-0.25, -0.2) is 13.1 Å². The van der Waals surface area contributed by atoms with E-state index < -0.39 is 10.0 Å². The first-order chi connectivity index (χ1) is 13.4. The average Bonchev–Trinajstić information content (AvgIpc) is 3.10. The highest BCUT2D eigenvalue weighted by Crippen LogP contribution is 2.25. The summed E-state index contributed by atoms with van der Waals surface area (Å²) in [6.07, 6.45) is 1.38. The number of amides is 1. The van der Waals surface area contributed by atoms with E-state index in [2.05, 4.69) is 4.72 Å². The molecule has 0 atom stereocenters. The third-order valence-corrected chi connectivity index (χ3v) is 7.57. The molecule has 1 aliphatic heterocycles. The molecular formula is C19H20Cl2N2O3S2. The van der Waals surface area contributed by atoms with Gasteiger partial charge >= 0.3 is 0 Å². The van der Waals surface area contributed by atoms with Crippen molar-refractivity contribution in [2.75, 3.05) is 23.7 Å². The van der Waals surface area contributed by atoms with Crippen LogP contribution in [0, 0.1) is 0 Å². The molecule has 1 N–H and O–H groups in total. The van der Waals surface area contributed by atoms with Crippen LogP contribution >= 0.6 is 35.0 Å². The summed E-state index contributed by atoms with van der Waals surface area (Å²) in [4.78, 5) is 13.7. The lowest BCUT2D eigenvalue weighted by Crippen LogP contribution is -2.26. The van der Waals surface area contributed by atoms with Gasteiger partial charge in [0.1, 0.15) is 0 Å². The minimum atomic E-state index is -3.58. The highest BCUT2D eigenvalue weighted by atomic mass is 35.5.